The summed E-state index contributed by atoms with van der Waals surface area (Å²) in [6.07, 6.45) is 5.14. The molecule has 2 aliphatic rings. The van der Waals surface area contributed by atoms with Crippen molar-refractivity contribution >= 4 is 46.4 Å². The molecule has 3 N–H and O–H groups in total. The Balaban J connectivity index is 1.31. The number of rotatable bonds is 6. The fraction of sp³-hybridized carbons (Fsp3) is 0.320. The first-order valence-corrected chi connectivity index (χ1v) is 12.4. The molecule has 5 rings (SSSR count). The number of aromatic nitrogens is 2. The van der Waals surface area contributed by atoms with Crippen molar-refractivity contribution in [2.24, 2.45) is 5.73 Å². The number of hydrogen-bond donors (Lipinski definition) is 2. The van der Waals surface area contributed by atoms with Gasteiger partial charge in [-0.15, -0.1) is 0 Å². The molecule has 2 aromatic carbocycles. The maximum Gasteiger partial charge on any atom is 0.271 e. The van der Waals surface area contributed by atoms with E-state index in [2.05, 4.69) is 15.3 Å². The van der Waals surface area contributed by atoms with E-state index in [0.29, 0.717) is 38.7 Å². The molecule has 2 amide bonds. The molecule has 2 saturated heterocycles. The number of nitrogens with zero attached hydrogens (tertiary/aromatic N) is 4. The highest BCUT2D eigenvalue weighted by Crippen LogP contribution is 2.30. The van der Waals surface area contributed by atoms with E-state index in [9.17, 15) is 9.59 Å². The van der Waals surface area contributed by atoms with Crippen molar-refractivity contribution in [2.75, 3.05) is 31.5 Å². The number of anilines is 2. The molecule has 3 aromatic rings. The fourth-order valence-corrected chi connectivity index (χ4v) is 5.41. The second-order valence-corrected chi connectivity index (χ2v) is 9.72. The van der Waals surface area contributed by atoms with Crippen LogP contribution in [-0.2, 0) is 0 Å². The third kappa shape index (κ3) is 4.87. The smallest absolute Gasteiger partial charge is 0.271 e. The van der Waals surface area contributed by atoms with Gasteiger partial charge in [0.1, 0.15) is 5.69 Å². The minimum Gasteiger partial charge on any atom is -0.364 e. The number of hydrogen-bond acceptors (Lipinski definition) is 5. The number of benzene rings is 2. The molecule has 0 saturated carbocycles. The monoisotopic (exact) mass is 512 g/mol. The van der Waals surface area contributed by atoms with Gasteiger partial charge < -0.3 is 16.0 Å². The molecule has 1 unspecified atom stereocenters. The number of primary amides is 1. The second-order valence-electron chi connectivity index (χ2n) is 8.91. The lowest BCUT2D eigenvalue weighted by molar-refractivity contribution is 0.0780. The molecule has 0 bridgehead atoms. The van der Waals surface area contributed by atoms with E-state index in [0.717, 1.165) is 32.6 Å². The van der Waals surface area contributed by atoms with Crippen LogP contribution in [0.5, 0.6) is 0 Å². The van der Waals surface area contributed by atoms with Crippen molar-refractivity contribution in [1.29, 1.82) is 0 Å². The average Bonchev–Trinajstić information content (AvgIpc) is 3.60. The fourth-order valence-electron chi connectivity index (χ4n) is 4.84. The Hall–Kier alpha value is -3.07. The zero-order valence-electron chi connectivity index (χ0n) is 19.1. The van der Waals surface area contributed by atoms with Gasteiger partial charge in [0.2, 0.25) is 0 Å². The Morgan fingerprint density at radius 2 is 1.69 bits per heavy atom. The molecule has 0 spiro atoms. The molecule has 3 heterocycles. The highest BCUT2D eigenvalue weighted by atomic mass is 35.5. The molecule has 10 heteroatoms. The lowest BCUT2D eigenvalue weighted by atomic mass is 10.1. The third-order valence-electron chi connectivity index (χ3n) is 6.63. The van der Waals surface area contributed by atoms with Gasteiger partial charge in [-0.05, 0) is 68.8 Å². The average molecular weight is 513 g/mol. The lowest BCUT2D eigenvalue weighted by Crippen LogP contribution is -2.37. The van der Waals surface area contributed by atoms with Gasteiger partial charge in [-0.2, -0.15) is 5.10 Å². The maximum absolute atomic E-state index is 13.0. The molecule has 2 fully saturated rings. The maximum atomic E-state index is 13.0. The first kappa shape index (κ1) is 23.7. The standard InChI is InChI=1S/C25H26Cl2N6O2/c26-19-4-3-5-20(27)23(19)33-15-21(22(30-33)24(28)34)29-17-8-6-16(7-9-17)25(35)32-13-10-18(14-32)31-11-1-2-12-31/h3-9,15,18,29H,1-2,10-14H2,(H2,28,34). The van der Waals surface area contributed by atoms with E-state index in [4.69, 9.17) is 28.9 Å². The number of likely N-dealkylation sites (tertiary alicyclic amines) is 2. The summed E-state index contributed by atoms with van der Waals surface area (Å²) in [6, 6.07) is 12.7. The van der Waals surface area contributed by atoms with Crippen LogP contribution < -0.4 is 11.1 Å². The minimum absolute atomic E-state index is 0.0391. The number of nitrogens with one attached hydrogen (secondary N) is 1. The summed E-state index contributed by atoms with van der Waals surface area (Å²) in [5.41, 5.74) is 7.77. The molecular formula is C25H26Cl2N6O2. The Kier molecular flexibility index (Phi) is 6.69. The van der Waals surface area contributed by atoms with Crippen LogP contribution in [0, 0.1) is 0 Å². The summed E-state index contributed by atoms with van der Waals surface area (Å²) >= 11 is 12.6. The third-order valence-corrected chi connectivity index (χ3v) is 7.24. The van der Waals surface area contributed by atoms with Gasteiger partial charge in [0.15, 0.2) is 5.69 Å². The zero-order chi connectivity index (χ0) is 24.5. The van der Waals surface area contributed by atoms with Crippen molar-refractivity contribution in [1.82, 2.24) is 19.6 Å². The van der Waals surface area contributed by atoms with Crippen molar-refractivity contribution in [2.45, 2.75) is 25.3 Å². The van der Waals surface area contributed by atoms with Gasteiger partial charge in [-0.25, -0.2) is 4.68 Å². The predicted octanol–water partition coefficient (Wildman–Crippen LogP) is 4.33. The SMILES string of the molecule is NC(=O)c1nn(-c2c(Cl)cccc2Cl)cc1Nc1ccc(C(=O)N2CCC(N3CCCC3)C2)cc1. The van der Waals surface area contributed by atoms with Gasteiger partial charge >= 0.3 is 0 Å². The molecular weight excluding hydrogens is 487 g/mol. The second kappa shape index (κ2) is 9.89. The van der Waals surface area contributed by atoms with Crippen molar-refractivity contribution < 1.29 is 9.59 Å². The molecule has 1 atom stereocenters. The van der Waals surface area contributed by atoms with E-state index in [-0.39, 0.29) is 11.6 Å². The Bertz CT molecular complexity index is 1230. The Labute approximate surface area is 213 Å². The van der Waals surface area contributed by atoms with E-state index in [1.165, 1.54) is 17.5 Å². The van der Waals surface area contributed by atoms with Crippen LogP contribution in [0.3, 0.4) is 0 Å². The van der Waals surface area contributed by atoms with Crippen LogP contribution in [0.4, 0.5) is 11.4 Å². The summed E-state index contributed by atoms with van der Waals surface area (Å²) in [5.74, 6) is -0.653. The molecule has 35 heavy (non-hydrogen) atoms. The van der Waals surface area contributed by atoms with Crippen LogP contribution >= 0.6 is 23.2 Å². The molecule has 0 radical (unpaired) electrons. The first-order valence-electron chi connectivity index (χ1n) is 11.6. The van der Waals surface area contributed by atoms with Crippen molar-refractivity contribution in [3.63, 3.8) is 0 Å². The number of carbonyl (C=O) groups excluding carboxylic acids is 2. The van der Waals surface area contributed by atoms with Gasteiger partial charge in [-0.1, -0.05) is 29.3 Å². The van der Waals surface area contributed by atoms with Gasteiger partial charge in [0.05, 0.1) is 21.9 Å². The van der Waals surface area contributed by atoms with Crippen LogP contribution in [0.2, 0.25) is 10.0 Å². The molecule has 1 aromatic heterocycles. The van der Waals surface area contributed by atoms with Crippen molar-refractivity contribution in [3.8, 4) is 5.69 Å². The topological polar surface area (TPSA) is 96.5 Å². The van der Waals surface area contributed by atoms with Gasteiger partial charge in [0.25, 0.3) is 11.8 Å². The number of carbonyl (C=O) groups is 2. The largest absolute Gasteiger partial charge is 0.364 e. The Morgan fingerprint density at radius 3 is 2.34 bits per heavy atom. The molecule has 0 aliphatic carbocycles. The van der Waals surface area contributed by atoms with Crippen LogP contribution in [0.25, 0.3) is 5.69 Å². The van der Waals surface area contributed by atoms with E-state index < -0.39 is 5.91 Å². The zero-order valence-corrected chi connectivity index (χ0v) is 20.6. The predicted molar refractivity (Wildman–Crippen MR) is 137 cm³/mol. The molecule has 8 nitrogen and oxygen atoms in total. The van der Waals surface area contributed by atoms with E-state index >= 15 is 0 Å². The highest BCUT2D eigenvalue weighted by molar-refractivity contribution is 6.37. The minimum atomic E-state index is -0.692. The number of nitrogens with two attached hydrogens (primary N) is 1. The number of amides is 2. The lowest BCUT2D eigenvalue weighted by Gasteiger charge is -2.23. The normalized spacial score (nSPS) is 18.2. The highest BCUT2D eigenvalue weighted by Gasteiger charge is 2.32. The van der Waals surface area contributed by atoms with E-state index in [1.807, 2.05) is 4.90 Å². The summed E-state index contributed by atoms with van der Waals surface area (Å²) < 4.78 is 1.43. The Morgan fingerprint density at radius 1 is 1.00 bits per heavy atom. The number of para-hydroxylation sites is 1. The summed E-state index contributed by atoms with van der Waals surface area (Å²) in [7, 11) is 0. The first-order chi connectivity index (χ1) is 16.9. The summed E-state index contributed by atoms with van der Waals surface area (Å²) in [5, 5.41) is 8.22. The number of halogens is 2. The van der Waals surface area contributed by atoms with Gasteiger partial charge in [-0.3, -0.25) is 14.5 Å². The van der Waals surface area contributed by atoms with Crippen LogP contribution in [-0.4, -0.2) is 63.6 Å². The van der Waals surface area contributed by atoms with Crippen molar-refractivity contribution in [3.05, 3.63) is 70.0 Å². The van der Waals surface area contributed by atoms with Crippen LogP contribution in [0.15, 0.2) is 48.7 Å². The molecule has 182 valence electrons. The van der Waals surface area contributed by atoms with E-state index in [1.54, 1.807) is 48.7 Å². The summed E-state index contributed by atoms with van der Waals surface area (Å²) in [6.45, 7) is 3.84. The summed E-state index contributed by atoms with van der Waals surface area (Å²) in [4.78, 5) is 29.5. The van der Waals surface area contributed by atoms with Crippen LogP contribution in [0.1, 0.15) is 40.1 Å². The quantitative estimate of drug-likeness (QED) is 0.512. The molecule has 2 aliphatic heterocycles. The van der Waals surface area contributed by atoms with Gasteiger partial charge in [0, 0.05) is 30.4 Å².